The summed E-state index contributed by atoms with van der Waals surface area (Å²) in [6, 6.07) is 12.0. The smallest absolute Gasteiger partial charge is 0.326 e. The number of benzene rings is 2. The molecule has 1 fully saturated rings. The largest absolute Gasteiger partial charge is 0.480 e. The van der Waals surface area contributed by atoms with E-state index < -0.39 is 41.4 Å². The van der Waals surface area contributed by atoms with Crippen LogP contribution >= 0.6 is 0 Å². The maximum absolute atomic E-state index is 13.8. The predicted octanol–water partition coefficient (Wildman–Crippen LogP) is 4.30. The van der Waals surface area contributed by atoms with Gasteiger partial charge < -0.3 is 36.8 Å². The second-order valence-electron chi connectivity index (χ2n) is 14.7. The lowest BCUT2D eigenvalue weighted by Crippen LogP contribution is -2.52. The molecule has 1 aliphatic carbocycles. The molecule has 5 rings (SSSR count). The number of aliphatic carboxylic acids is 1. The van der Waals surface area contributed by atoms with Gasteiger partial charge in [-0.3, -0.25) is 14.4 Å². The molecule has 2 heterocycles. The van der Waals surface area contributed by atoms with Crippen molar-refractivity contribution in [1.82, 2.24) is 30.6 Å². The van der Waals surface area contributed by atoms with Crippen molar-refractivity contribution in [3.8, 4) is 0 Å². The third-order valence-corrected chi connectivity index (χ3v) is 9.29. The zero-order valence-electron chi connectivity index (χ0n) is 31.2. The second-order valence-corrected chi connectivity index (χ2v) is 14.7. The van der Waals surface area contributed by atoms with Gasteiger partial charge in [-0.15, -0.1) is 0 Å². The quantitative estimate of drug-likeness (QED) is 0.114. The van der Waals surface area contributed by atoms with Crippen LogP contribution in [0.25, 0.3) is 11.2 Å². The first-order chi connectivity index (χ1) is 25.7. The molecule has 1 saturated carbocycles. The molecule has 0 bridgehead atoms. The number of hydrogen-bond acceptors (Lipinski definition) is 12. The Morgan fingerprint density at radius 1 is 0.944 bits per heavy atom. The van der Waals surface area contributed by atoms with Gasteiger partial charge in [-0.25, -0.2) is 14.8 Å². The number of nitrogens with two attached hydrogens (primary N) is 2. The SMILES string of the molecule is CN(Cc1cnc2nc(N)nc(N)c2n1)c1ccc(C(=O)N[C@@H](CCC(=O)OC(C)(C)C)C(=O)N[C@@H](Cc2ccccc2C2CCCCC2)C(=O)O)cc1. The highest BCUT2D eigenvalue weighted by molar-refractivity contribution is 5.98. The number of carbonyl (C=O) groups is 4. The van der Waals surface area contributed by atoms with E-state index in [1.807, 2.05) is 36.2 Å². The van der Waals surface area contributed by atoms with Gasteiger partial charge in [0.05, 0.1) is 18.4 Å². The van der Waals surface area contributed by atoms with E-state index in [0.717, 1.165) is 42.5 Å². The Balaban J connectivity index is 1.28. The summed E-state index contributed by atoms with van der Waals surface area (Å²) in [5.41, 5.74) is 15.1. The van der Waals surface area contributed by atoms with E-state index in [9.17, 15) is 24.3 Å². The molecule has 54 heavy (non-hydrogen) atoms. The fourth-order valence-corrected chi connectivity index (χ4v) is 6.65. The van der Waals surface area contributed by atoms with Gasteiger partial charge in [0.2, 0.25) is 11.9 Å². The molecule has 2 aromatic carbocycles. The summed E-state index contributed by atoms with van der Waals surface area (Å²) in [6.07, 6.45) is 6.89. The monoisotopic (exact) mass is 739 g/mol. The van der Waals surface area contributed by atoms with Gasteiger partial charge in [0, 0.05) is 31.1 Å². The summed E-state index contributed by atoms with van der Waals surface area (Å²) >= 11 is 0. The minimum atomic E-state index is -1.26. The fraction of sp³-hybridized carbons (Fsp3) is 0.436. The van der Waals surface area contributed by atoms with Crippen molar-refractivity contribution in [2.75, 3.05) is 23.4 Å². The van der Waals surface area contributed by atoms with Crippen molar-refractivity contribution in [2.24, 2.45) is 0 Å². The number of fused-ring (bicyclic) bond motifs is 1. The highest BCUT2D eigenvalue weighted by Crippen LogP contribution is 2.34. The summed E-state index contributed by atoms with van der Waals surface area (Å²) in [5.74, 6) is -2.55. The van der Waals surface area contributed by atoms with Gasteiger partial charge in [0.15, 0.2) is 17.0 Å². The molecule has 0 spiro atoms. The first kappa shape index (κ1) is 39.3. The minimum absolute atomic E-state index is 0.00829. The number of carboxylic acid groups (broad SMARTS) is 1. The summed E-state index contributed by atoms with van der Waals surface area (Å²) in [6.45, 7) is 5.55. The highest BCUT2D eigenvalue weighted by atomic mass is 16.6. The normalized spacial score (nSPS) is 14.5. The number of rotatable bonds is 14. The maximum Gasteiger partial charge on any atom is 0.326 e. The lowest BCUT2D eigenvalue weighted by Gasteiger charge is -2.26. The number of ether oxygens (including phenoxy) is 1. The van der Waals surface area contributed by atoms with Crippen molar-refractivity contribution in [3.63, 3.8) is 0 Å². The van der Waals surface area contributed by atoms with Gasteiger partial charge in [0.25, 0.3) is 5.91 Å². The van der Waals surface area contributed by atoms with Crippen molar-refractivity contribution >= 4 is 52.4 Å². The van der Waals surface area contributed by atoms with Crippen molar-refractivity contribution in [1.29, 1.82) is 0 Å². The molecule has 15 heteroatoms. The number of nitrogens with zero attached hydrogens (tertiary/aromatic N) is 5. The third kappa shape index (κ3) is 10.6. The Labute approximate surface area is 314 Å². The predicted molar refractivity (Wildman–Crippen MR) is 204 cm³/mol. The minimum Gasteiger partial charge on any atom is -0.480 e. The Morgan fingerprint density at radius 3 is 2.33 bits per heavy atom. The summed E-state index contributed by atoms with van der Waals surface area (Å²) in [5, 5.41) is 15.6. The number of nitrogens with one attached hydrogen (secondary N) is 2. The molecule has 7 N–H and O–H groups in total. The van der Waals surface area contributed by atoms with Crippen LogP contribution in [0.3, 0.4) is 0 Å². The molecular weight excluding hydrogens is 690 g/mol. The van der Waals surface area contributed by atoms with Gasteiger partial charge >= 0.3 is 11.9 Å². The van der Waals surface area contributed by atoms with E-state index in [4.69, 9.17) is 16.2 Å². The molecule has 1 aliphatic rings. The lowest BCUT2D eigenvalue weighted by molar-refractivity contribution is -0.155. The highest BCUT2D eigenvalue weighted by Gasteiger charge is 2.30. The van der Waals surface area contributed by atoms with Crippen molar-refractivity contribution < 1.29 is 29.0 Å². The van der Waals surface area contributed by atoms with E-state index in [2.05, 4.69) is 30.6 Å². The fourth-order valence-electron chi connectivity index (χ4n) is 6.65. The number of carbonyl (C=O) groups excluding carboxylic acids is 3. The van der Waals surface area contributed by atoms with Gasteiger partial charge in [-0.2, -0.15) is 9.97 Å². The van der Waals surface area contributed by atoms with Crippen LogP contribution in [-0.4, -0.2) is 73.5 Å². The van der Waals surface area contributed by atoms with Crippen LogP contribution in [0.2, 0.25) is 0 Å². The molecule has 15 nitrogen and oxygen atoms in total. The second kappa shape index (κ2) is 17.3. The van der Waals surface area contributed by atoms with Crippen LogP contribution in [0, 0.1) is 0 Å². The summed E-state index contributed by atoms with van der Waals surface area (Å²) in [4.78, 5) is 71.1. The van der Waals surface area contributed by atoms with E-state index >= 15 is 0 Å². The lowest BCUT2D eigenvalue weighted by atomic mass is 9.81. The Hall–Kier alpha value is -5.86. The van der Waals surface area contributed by atoms with Crippen LogP contribution in [0.4, 0.5) is 17.5 Å². The van der Waals surface area contributed by atoms with Crippen LogP contribution < -0.4 is 27.0 Å². The van der Waals surface area contributed by atoms with Gasteiger partial charge in [-0.1, -0.05) is 43.5 Å². The third-order valence-electron chi connectivity index (χ3n) is 9.29. The molecular formula is C39H49N9O6. The first-order valence-electron chi connectivity index (χ1n) is 18.2. The molecule has 2 atom stereocenters. The van der Waals surface area contributed by atoms with Gasteiger partial charge in [0.1, 0.15) is 17.7 Å². The van der Waals surface area contributed by atoms with Gasteiger partial charge in [-0.05, 0) is 81.3 Å². The average Bonchev–Trinajstić information content (AvgIpc) is 3.13. The number of amides is 2. The molecule has 2 amide bonds. The van der Waals surface area contributed by atoms with E-state index in [0.29, 0.717) is 29.3 Å². The molecule has 0 unspecified atom stereocenters. The van der Waals surface area contributed by atoms with E-state index in [-0.39, 0.29) is 36.6 Å². The Kier molecular flexibility index (Phi) is 12.6. The summed E-state index contributed by atoms with van der Waals surface area (Å²) in [7, 11) is 1.84. The number of anilines is 3. The van der Waals surface area contributed by atoms with Crippen LogP contribution in [0.15, 0.2) is 54.7 Å². The van der Waals surface area contributed by atoms with Crippen molar-refractivity contribution in [2.45, 2.75) is 102 Å². The zero-order valence-corrected chi connectivity index (χ0v) is 31.2. The topological polar surface area (TPSA) is 229 Å². The number of nitrogen functional groups attached to an aromatic ring is 2. The standard InChI is InChI=1S/C39H49N9O6/c1-39(2,3)54-31(49)19-18-29(36(51)45-30(37(52)53)20-25-12-8-9-13-28(25)23-10-6-5-7-11-23)44-35(50)24-14-16-27(17-15-24)48(4)22-26-21-42-34-32(43-26)33(40)46-38(41)47-34/h8-9,12-17,21,23,29-30H,5-7,10-11,18-20,22H2,1-4H3,(H,44,50)(H,45,51)(H,52,53)(H4,40,41,42,46,47)/t29-,30-/m0/s1. The summed E-state index contributed by atoms with van der Waals surface area (Å²) < 4.78 is 5.43. The number of hydrogen-bond donors (Lipinski definition) is 5. The number of aromatic nitrogens is 4. The Bertz CT molecular complexity index is 1980. The van der Waals surface area contributed by atoms with E-state index in [1.165, 1.54) is 6.42 Å². The molecule has 0 radical (unpaired) electrons. The van der Waals surface area contributed by atoms with Crippen LogP contribution in [-0.2, 0) is 32.1 Å². The van der Waals surface area contributed by atoms with E-state index in [1.54, 1.807) is 51.2 Å². The number of esters is 1. The average molecular weight is 740 g/mol. The molecule has 2 aromatic heterocycles. The molecule has 286 valence electrons. The molecule has 4 aromatic rings. The molecule has 0 aliphatic heterocycles. The van der Waals surface area contributed by atoms with Crippen LogP contribution in [0.5, 0.6) is 0 Å². The number of carboxylic acids is 1. The van der Waals surface area contributed by atoms with Crippen molar-refractivity contribution in [3.05, 3.63) is 77.1 Å². The first-order valence-corrected chi connectivity index (χ1v) is 18.2. The van der Waals surface area contributed by atoms with Crippen LogP contribution in [0.1, 0.15) is 98.8 Å². The maximum atomic E-state index is 13.8. The Morgan fingerprint density at radius 2 is 1.65 bits per heavy atom. The molecule has 0 saturated heterocycles. The zero-order chi connectivity index (χ0) is 39.0.